The van der Waals surface area contributed by atoms with E-state index in [-0.39, 0.29) is 5.43 Å². The van der Waals surface area contributed by atoms with Crippen LogP contribution in [-0.2, 0) is 19.2 Å². The number of para-hydroxylation sites is 1. The molecule has 0 saturated carbocycles. The topological polar surface area (TPSA) is 219 Å². The first-order chi connectivity index (χ1) is 25.1. The first kappa shape index (κ1) is 43.5. The van der Waals surface area contributed by atoms with Crippen molar-refractivity contribution >= 4 is 63.3 Å². The highest BCUT2D eigenvalue weighted by atomic mass is 16.5. The van der Waals surface area contributed by atoms with Crippen molar-refractivity contribution in [1.82, 2.24) is 9.80 Å². The van der Waals surface area contributed by atoms with E-state index >= 15 is 0 Å². The lowest BCUT2D eigenvalue weighted by molar-refractivity contribution is -0.134. The monoisotopic (exact) mass is 738 g/mol. The van der Waals surface area contributed by atoms with Crippen LogP contribution in [-0.4, -0.2) is 112 Å². The first-order valence-electron chi connectivity index (χ1n) is 17.2. The number of fused-ring (bicyclic) bond motifs is 3. The van der Waals surface area contributed by atoms with Gasteiger partial charge in [-0.25, -0.2) is 19.2 Å². The number of rotatable bonds is 16. The minimum atomic E-state index is -1.26. The average Bonchev–Trinajstić information content (AvgIpc) is 3.11. The number of likely N-dealkylation sites (N-methyl/N-ethyl adjacent to an activating group) is 2. The summed E-state index contributed by atoms with van der Waals surface area (Å²) in [5.41, 5.74) is 3.01. The van der Waals surface area contributed by atoms with Gasteiger partial charge in [0.05, 0.1) is 16.5 Å². The average molecular weight is 739 g/mol. The predicted octanol–water partition coefficient (Wildman–Crippen LogP) is 5.06. The molecule has 2 aromatic carbocycles. The molecule has 0 amide bonds. The summed E-state index contributed by atoms with van der Waals surface area (Å²) < 4.78 is 13.0. The van der Waals surface area contributed by atoms with Crippen molar-refractivity contribution in [2.45, 2.75) is 47.1 Å². The molecule has 0 radical (unpaired) electrons. The summed E-state index contributed by atoms with van der Waals surface area (Å²) in [4.78, 5) is 56.9. The Labute approximate surface area is 307 Å². The lowest BCUT2D eigenvalue weighted by atomic mass is 9.96. The third kappa shape index (κ3) is 13.4. The van der Waals surface area contributed by atoms with Crippen LogP contribution >= 0.6 is 0 Å². The molecule has 1 aliphatic rings. The van der Waals surface area contributed by atoms with Crippen LogP contribution in [0.2, 0.25) is 0 Å². The zero-order valence-corrected chi connectivity index (χ0v) is 31.0. The second-order valence-electron chi connectivity index (χ2n) is 12.1. The Morgan fingerprint density at radius 3 is 1.64 bits per heavy atom. The molecule has 3 aromatic rings. The fourth-order valence-electron chi connectivity index (χ4n) is 5.26. The van der Waals surface area contributed by atoms with Gasteiger partial charge in [-0.2, -0.15) is 0 Å². The van der Waals surface area contributed by atoms with Gasteiger partial charge in [-0.05, 0) is 64.3 Å². The van der Waals surface area contributed by atoms with E-state index in [4.69, 9.17) is 29.6 Å². The highest BCUT2D eigenvalue weighted by molar-refractivity contribution is 6.09. The molecule has 2 heterocycles. The summed E-state index contributed by atoms with van der Waals surface area (Å²) in [5.74, 6) is -4.30. The summed E-state index contributed by atoms with van der Waals surface area (Å²) in [6, 6.07) is 7.47. The third-order valence-electron chi connectivity index (χ3n) is 8.02. The van der Waals surface area contributed by atoms with E-state index in [1.165, 1.54) is 0 Å². The zero-order valence-electron chi connectivity index (χ0n) is 31.0. The number of anilines is 2. The maximum atomic E-state index is 13.9. The molecule has 6 N–H and O–H groups in total. The highest BCUT2D eigenvalue weighted by Crippen LogP contribution is 2.47. The van der Waals surface area contributed by atoms with Crippen molar-refractivity contribution in [2.75, 3.05) is 63.0 Å². The van der Waals surface area contributed by atoms with E-state index < -0.39 is 29.5 Å². The maximum Gasteiger partial charge on any atom is 0.328 e. The number of hydrogen-bond donors (Lipinski definition) is 6. The Morgan fingerprint density at radius 1 is 0.736 bits per heavy atom. The van der Waals surface area contributed by atoms with Gasteiger partial charge in [0.2, 0.25) is 5.43 Å². The summed E-state index contributed by atoms with van der Waals surface area (Å²) in [6.45, 7) is 19.9. The molecule has 0 atom stereocenters. The quantitative estimate of drug-likeness (QED) is 0.0643. The fraction of sp³-hybridized carbons (Fsp3) is 0.395. The van der Waals surface area contributed by atoms with Crippen LogP contribution in [0.15, 0.2) is 63.9 Å². The number of carboxylic acid groups (broad SMARTS) is 4. The van der Waals surface area contributed by atoms with E-state index in [9.17, 15) is 24.0 Å². The molecular weight excluding hydrogens is 688 g/mol. The van der Waals surface area contributed by atoms with Gasteiger partial charge >= 0.3 is 23.9 Å². The summed E-state index contributed by atoms with van der Waals surface area (Å²) in [6.07, 6.45) is 6.37. The number of ether oxygens (including phenoxy) is 1. The Balaban J connectivity index is 0.000000506. The normalized spacial score (nSPS) is 12.9. The molecule has 15 heteroatoms. The molecule has 0 fully saturated rings. The van der Waals surface area contributed by atoms with Gasteiger partial charge in [-0.3, -0.25) is 4.79 Å². The lowest BCUT2D eigenvalue weighted by Gasteiger charge is -2.32. The molecule has 1 aromatic heterocycles. The molecular formula is C38H50N4O11. The third-order valence-corrected chi connectivity index (χ3v) is 8.02. The van der Waals surface area contributed by atoms with E-state index in [2.05, 4.69) is 60.3 Å². The standard InChI is InChI=1S/C30H42N4O3.2C4H4O4/c1-7-33(8-2)19-17-31-25-22-15-16-30(5,6)37-28(22)26(32-18-20-34(9-3)10-4)29-24(25)27(35)21-13-11-12-14-23(21)36-29;2*5-3(6)1-2-4(7)8/h11-16,31-32H,7-10,17-20H2,1-6H3;2*1-2H,(H,5,6)(H,7,8)/b;2*2-1+. The van der Waals surface area contributed by atoms with Crippen molar-refractivity contribution in [2.24, 2.45) is 0 Å². The van der Waals surface area contributed by atoms with Gasteiger partial charge in [0.1, 0.15) is 16.9 Å². The van der Waals surface area contributed by atoms with Crippen LogP contribution in [0.25, 0.3) is 28.0 Å². The van der Waals surface area contributed by atoms with E-state index in [0.717, 1.165) is 62.0 Å². The number of carboxylic acids is 4. The first-order valence-corrected chi connectivity index (χ1v) is 17.2. The minimum Gasteiger partial charge on any atom is -0.481 e. The predicted molar refractivity (Wildman–Crippen MR) is 205 cm³/mol. The van der Waals surface area contributed by atoms with E-state index in [1.54, 1.807) is 0 Å². The van der Waals surface area contributed by atoms with Gasteiger partial charge in [0.25, 0.3) is 0 Å². The molecule has 1 aliphatic heterocycles. The van der Waals surface area contributed by atoms with Gasteiger partial charge < -0.3 is 50.0 Å². The number of aliphatic carboxylic acids is 4. The lowest BCUT2D eigenvalue weighted by Crippen LogP contribution is -2.31. The van der Waals surface area contributed by atoms with Crippen LogP contribution in [0.1, 0.15) is 47.1 Å². The molecule has 0 aliphatic carbocycles. The Hall–Kier alpha value is -5.67. The van der Waals surface area contributed by atoms with Crippen molar-refractivity contribution in [1.29, 1.82) is 0 Å². The number of carbonyl (C=O) groups is 4. The van der Waals surface area contributed by atoms with Gasteiger partial charge in [0, 0.05) is 56.0 Å². The number of nitrogens with zero attached hydrogens (tertiary/aromatic N) is 2. The van der Waals surface area contributed by atoms with Crippen LogP contribution in [0.3, 0.4) is 0 Å². The molecule has 0 bridgehead atoms. The molecule has 4 rings (SSSR count). The Bertz CT molecular complexity index is 1820. The highest BCUT2D eigenvalue weighted by Gasteiger charge is 2.31. The van der Waals surface area contributed by atoms with Gasteiger partial charge in [-0.1, -0.05) is 39.8 Å². The number of nitrogens with one attached hydrogen (secondary N) is 2. The molecule has 0 unspecified atom stereocenters. The van der Waals surface area contributed by atoms with Crippen molar-refractivity contribution in [3.63, 3.8) is 0 Å². The molecule has 53 heavy (non-hydrogen) atoms. The van der Waals surface area contributed by atoms with Crippen LogP contribution in [0, 0.1) is 0 Å². The van der Waals surface area contributed by atoms with Crippen LogP contribution in [0.4, 0.5) is 11.4 Å². The second-order valence-corrected chi connectivity index (χ2v) is 12.1. The summed E-state index contributed by atoms with van der Waals surface area (Å²) in [5, 5.41) is 39.6. The Morgan fingerprint density at radius 2 is 1.19 bits per heavy atom. The van der Waals surface area contributed by atoms with Crippen LogP contribution in [0.5, 0.6) is 5.75 Å². The molecule has 288 valence electrons. The molecule has 15 nitrogen and oxygen atoms in total. The Kier molecular flexibility index (Phi) is 17.2. The van der Waals surface area contributed by atoms with Gasteiger partial charge in [0.15, 0.2) is 11.3 Å². The van der Waals surface area contributed by atoms with Gasteiger partial charge in [-0.15, -0.1) is 0 Å². The SMILES string of the molecule is CCN(CC)CCNc1c2c(c(NCCN(CC)CC)c3c(=O)c4ccccc4oc13)C=CC(C)(C)O2.O=C(O)/C=C/C(=O)O.O=C(O)/C=C/C(=O)O. The second kappa shape index (κ2) is 21.0. The van der Waals surface area contributed by atoms with Crippen molar-refractivity contribution in [3.8, 4) is 5.75 Å². The maximum absolute atomic E-state index is 13.9. The smallest absolute Gasteiger partial charge is 0.328 e. The summed E-state index contributed by atoms with van der Waals surface area (Å²) >= 11 is 0. The summed E-state index contributed by atoms with van der Waals surface area (Å²) in [7, 11) is 0. The number of hydrogen-bond acceptors (Lipinski definition) is 11. The molecule has 0 spiro atoms. The molecule has 0 saturated heterocycles. The van der Waals surface area contributed by atoms with Crippen LogP contribution < -0.4 is 20.8 Å². The largest absolute Gasteiger partial charge is 0.481 e. The van der Waals surface area contributed by atoms with E-state index in [0.29, 0.717) is 59.3 Å². The number of benzene rings is 2. The fourth-order valence-corrected chi connectivity index (χ4v) is 5.26. The minimum absolute atomic E-state index is 0.0324. The van der Waals surface area contributed by atoms with Crippen molar-refractivity contribution < 1.29 is 48.8 Å². The van der Waals surface area contributed by atoms with Crippen molar-refractivity contribution in [3.05, 3.63) is 70.4 Å². The van der Waals surface area contributed by atoms with E-state index in [1.807, 2.05) is 38.1 Å². The zero-order chi connectivity index (χ0) is 39.7.